The third-order valence-electron chi connectivity index (χ3n) is 6.60. The number of amides is 2. The molecule has 1 aromatic carbocycles. The number of ether oxygens (including phenoxy) is 2. The van der Waals surface area contributed by atoms with E-state index < -0.39 is 0 Å². The smallest absolute Gasteiger partial charge is 0.425 e. The average molecular weight is 482 g/mol. The Bertz CT molecular complexity index is 1090. The van der Waals surface area contributed by atoms with Crippen molar-refractivity contribution in [3.63, 3.8) is 0 Å². The molecule has 1 saturated carbocycles. The Morgan fingerprint density at radius 1 is 1.24 bits per heavy atom. The highest BCUT2D eigenvalue weighted by Crippen LogP contribution is 2.35. The van der Waals surface area contributed by atoms with Gasteiger partial charge < -0.3 is 14.8 Å². The molecule has 0 spiro atoms. The lowest BCUT2D eigenvalue weighted by Gasteiger charge is -2.27. The number of thioether (sulfide) groups is 1. The Labute approximate surface area is 205 Å². The molecule has 7 heteroatoms. The van der Waals surface area contributed by atoms with E-state index in [-0.39, 0.29) is 23.1 Å². The molecule has 1 heterocycles. The monoisotopic (exact) mass is 481 g/mol. The van der Waals surface area contributed by atoms with E-state index >= 15 is 0 Å². The van der Waals surface area contributed by atoms with Gasteiger partial charge in [0.1, 0.15) is 17.2 Å². The fourth-order valence-electron chi connectivity index (χ4n) is 4.55. The topological polar surface area (TPSA) is 67.6 Å². The van der Waals surface area contributed by atoms with Crippen molar-refractivity contribution in [2.45, 2.75) is 50.8 Å². The van der Waals surface area contributed by atoms with Gasteiger partial charge in [-0.1, -0.05) is 36.9 Å². The van der Waals surface area contributed by atoms with Crippen LogP contribution in [-0.4, -0.2) is 54.2 Å². The number of likely N-dealkylation sites (N-methyl/N-ethyl adjacent to an activating group) is 1. The zero-order valence-corrected chi connectivity index (χ0v) is 21.1. The molecule has 0 bridgehead atoms. The molecule has 1 aliphatic heterocycles. The van der Waals surface area contributed by atoms with Crippen molar-refractivity contribution in [1.29, 1.82) is 0 Å². The van der Waals surface area contributed by atoms with Crippen molar-refractivity contribution in [1.82, 2.24) is 5.32 Å². The van der Waals surface area contributed by atoms with Gasteiger partial charge in [-0.25, -0.2) is 4.79 Å². The lowest BCUT2D eigenvalue weighted by atomic mass is 9.87. The minimum absolute atomic E-state index is 0.0226. The molecular weight excluding hydrogens is 448 g/mol. The van der Waals surface area contributed by atoms with Crippen molar-refractivity contribution in [2.75, 3.05) is 20.8 Å². The number of benzene rings is 1. The van der Waals surface area contributed by atoms with E-state index in [9.17, 15) is 9.59 Å². The van der Waals surface area contributed by atoms with E-state index in [1.54, 1.807) is 18.7 Å². The second kappa shape index (κ2) is 10.6. The van der Waals surface area contributed by atoms with Gasteiger partial charge in [0.25, 0.3) is 5.91 Å². The van der Waals surface area contributed by atoms with Crippen LogP contribution in [0, 0.1) is 5.92 Å². The molecule has 6 nitrogen and oxygen atoms in total. The molecule has 34 heavy (non-hydrogen) atoms. The number of fused-ring (bicyclic) bond motifs is 1. The third kappa shape index (κ3) is 5.30. The number of methoxy groups -OCH3 is 1. The van der Waals surface area contributed by atoms with Crippen LogP contribution in [0.4, 0.5) is 0 Å². The van der Waals surface area contributed by atoms with E-state index in [2.05, 4.69) is 12.2 Å². The molecule has 180 valence electrons. The summed E-state index contributed by atoms with van der Waals surface area (Å²) in [6.45, 7) is 4.74. The number of hydrogen-bond acceptors (Lipinski definition) is 5. The van der Waals surface area contributed by atoms with Crippen molar-refractivity contribution >= 4 is 35.4 Å². The van der Waals surface area contributed by atoms with Crippen LogP contribution in [0.15, 0.2) is 46.9 Å². The fourth-order valence-corrected chi connectivity index (χ4v) is 5.77. The maximum absolute atomic E-state index is 13.1. The van der Waals surface area contributed by atoms with Crippen molar-refractivity contribution in [2.24, 2.45) is 5.92 Å². The average Bonchev–Trinajstić information content (AvgIpc) is 2.84. The molecule has 1 aromatic rings. The van der Waals surface area contributed by atoms with Gasteiger partial charge in [0, 0.05) is 17.7 Å². The first-order valence-corrected chi connectivity index (χ1v) is 12.8. The van der Waals surface area contributed by atoms with Gasteiger partial charge >= 0.3 is 5.91 Å². The highest BCUT2D eigenvalue weighted by atomic mass is 32.2. The van der Waals surface area contributed by atoms with Gasteiger partial charge in [-0.15, -0.1) is 0 Å². The van der Waals surface area contributed by atoms with Crippen LogP contribution in [-0.2, 0) is 9.59 Å². The minimum atomic E-state index is -0.0864. The lowest BCUT2D eigenvalue weighted by Crippen LogP contribution is -2.40. The lowest BCUT2D eigenvalue weighted by molar-refractivity contribution is -0.413. The van der Waals surface area contributed by atoms with Gasteiger partial charge in [-0.3, -0.25) is 4.79 Å². The third-order valence-corrected chi connectivity index (χ3v) is 7.80. The first-order chi connectivity index (χ1) is 16.4. The largest absolute Gasteiger partial charge is 0.493 e. The molecule has 0 aromatic heterocycles. The van der Waals surface area contributed by atoms with Gasteiger partial charge in [-0.2, -0.15) is 4.58 Å². The van der Waals surface area contributed by atoms with Crippen molar-refractivity contribution in [3.05, 3.63) is 52.5 Å². The predicted octanol–water partition coefficient (Wildman–Crippen LogP) is 4.35. The van der Waals surface area contributed by atoms with Crippen LogP contribution in [0.2, 0.25) is 0 Å². The van der Waals surface area contributed by atoms with E-state index in [4.69, 9.17) is 9.47 Å². The predicted molar refractivity (Wildman–Crippen MR) is 137 cm³/mol. The molecule has 4 rings (SSSR count). The summed E-state index contributed by atoms with van der Waals surface area (Å²) in [4.78, 5) is 26.6. The number of hydrogen-bond donors (Lipinski definition) is 1. The number of rotatable bonds is 6. The summed E-state index contributed by atoms with van der Waals surface area (Å²) >= 11 is 1.50. The summed E-state index contributed by atoms with van der Waals surface area (Å²) in [7, 11) is 3.37. The number of carbonyl (C=O) groups is 2. The van der Waals surface area contributed by atoms with E-state index in [1.165, 1.54) is 11.8 Å². The molecule has 1 atom stereocenters. The van der Waals surface area contributed by atoms with Gasteiger partial charge in [-0.05, 0) is 62.3 Å². The maximum Gasteiger partial charge on any atom is 0.425 e. The van der Waals surface area contributed by atoms with Crippen LogP contribution >= 0.6 is 11.8 Å². The maximum atomic E-state index is 13.1. The quantitative estimate of drug-likeness (QED) is 0.483. The molecule has 2 aliphatic carbocycles. The van der Waals surface area contributed by atoms with Crippen LogP contribution in [0.5, 0.6) is 11.5 Å². The van der Waals surface area contributed by atoms with Crippen LogP contribution < -0.4 is 14.8 Å². The number of allylic oxidation sites excluding steroid dienone is 1. The first-order valence-electron chi connectivity index (χ1n) is 11.9. The summed E-state index contributed by atoms with van der Waals surface area (Å²) in [6.07, 6.45) is 12.0. The number of nitrogens with one attached hydrogen (secondary N) is 1. The standard InChI is InChI=1S/C27H32N2O4S/c1-5-33-22-12-8-18(14-23(22)32-4)15-25-27(31)29(3)21-16-19(9-13-24(21)34-25)26(30)28-20-10-6-17(2)7-11-20/h8-9,12-17,20,24H,5-7,10-11H2,1-4H3/p+1/b25-15+. The molecule has 2 amide bonds. The van der Waals surface area contributed by atoms with Crippen LogP contribution in [0.25, 0.3) is 6.08 Å². The summed E-state index contributed by atoms with van der Waals surface area (Å²) in [6, 6.07) is 5.88. The minimum Gasteiger partial charge on any atom is -0.493 e. The van der Waals surface area contributed by atoms with Crippen LogP contribution in [0.3, 0.4) is 0 Å². The summed E-state index contributed by atoms with van der Waals surface area (Å²) in [5, 5.41) is 3.16. The Morgan fingerprint density at radius 2 is 2.00 bits per heavy atom. The van der Waals surface area contributed by atoms with Gasteiger partial charge in [0.2, 0.25) is 5.71 Å². The van der Waals surface area contributed by atoms with E-state index in [0.717, 1.165) is 42.9 Å². The zero-order chi connectivity index (χ0) is 24.2. The zero-order valence-electron chi connectivity index (χ0n) is 20.3. The summed E-state index contributed by atoms with van der Waals surface area (Å²) in [5.41, 5.74) is 2.31. The second-order valence-electron chi connectivity index (χ2n) is 9.07. The molecule has 3 aliphatic rings. The molecule has 0 radical (unpaired) electrons. The highest BCUT2D eigenvalue weighted by molar-refractivity contribution is 8.05. The van der Waals surface area contributed by atoms with E-state index in [0.29, 0.717) is 28.6 Å². The Kier molecular flexibility index (Phi) is 7.61. The highest BCUT2D eigenvalue weighted by Gasteiger charge is 2.38. The molecule has 0 saturated heterocycles. The number of nitrogens with zero attached hydrogens (tertiary/aromatic N) is 1. The normalized spacial score (nSPS) is 25.6. The Balaban J connectivity index is 1.52. The van der Waals surface area contributed by atoms with Crippen LogP contribution in [0.1, 0.15) is 45.1 Å². The van der Waals surface area contributed by atoms with E-state index in [1.807, 2.05) is 49.4 Å². The first kappa shape index (κ1) is 24.3. The molecule has 1 unspecified atom stereocenters. The fraction of sp³-hybridized carbons (Fsp3) is 0.444. The molecule has 1 N–H and O–H groups in total. The van der Waals surface area contributed by atoms with Crippen molar-refractivity contribution < 1.29 is 23.6 Å². The second-order valence-corrected chi connectivity index (χ2v) is 10.3. The summed E-state index contributed by atoms with van der Waals surface area (Å²) < 4.78 is 12.7. The molecule has 1 fully saturated rings. The van der Waals surface area contributed by atoms with Crippen molar-refractivity contribution in [3.8, 4) is 11.5 Å². The molecular formula is C27H33N2O4S+. The Morgan fingerprint density at radius 3 is 2.71 bits per heavy atom. The summed E-state index contributed by atoms with van der Waals surface area (Å²) in [5.74, 6) is 1.90. The Hall–Kier alpha value is -2.80. The number of carbonyl (C=O) groups excluding carboxylic acids is 2. The van der Waals surface area contributed by atoms with Gasteiger partial charge in [0.15, 0.2) is 11.5 Å². The van der Waals surface area contributed by atoms with Gasteiger partial charge in [0.05, 0.1) is 13.7 Å². The SMILES string of the molecule is CCOc1ccc(/C=C2/SC3C=CC(C(=O)NC4CCC(C)CC4)=CC3=[N+](C)C2=O)cc1OC.